The molecule has 2 atom stereocenters. The lowest BCUT2D eigenvalue weighted by Crippen LogP contribution is -2.33. The average Bonchev–Trinajstić information content (AvgIpc) is 2.33. The van der Waals surface area contributed by atoms with Crippen LogP contribution in [0.1, 0.15) is 12.8 Å². The first kappa shape index (κ1) is 8.17. The Bertz CT molecular complexity index is 140. The summed E-state index contributed by atoms with van der Waals surface area (Å²) in [4.78, 5) is 0. The van der Waals surface area contributed by atoms with Crippen LogP contribution in [-0.4, -0.2) is 39.1 Å². The van der Waals surface area contributed by atoms with E-state index in [1.807, 2.05) is 4.31 Å². The smallest absolute Gasteiger partial charge is 0.0914 e. The fourth-order valence-corrected chi connectivity index (χ4v) is 2.31. The van der Waals surface area contributed by atoms with Crippen molar-refractivity contribution >= 4 is 11.0 Å². The van der Waals surface area contributed by atoms with Gasteiger partial charge in [0.15, 0.2) is 0 Å². The maximum Gasteiger partial charge on any atom is 0.0914 e. The first-order valence-electron chi connectivity index (χ1n) is 3.46. The van der Waals surface area contributed by atoms with Crippen molar-refractivity contribution in [2.24, 2.45) is 0 Å². The summed E-state index contributed by atoms with van der Waals surface area (Å²) in [5.41, 5.74) is 0. The van der Waals surface area contributed by atoms with E-state index >= 15 is 0 Å². The normalized spacial score (nSPS) is 30.8. The van der Waals surface area contributed by atoms with E-state index < -0.39 is 11.0 Å². The Hall–Kier alpha value is 0.0700. The molecule has 0 amide bonds. The minimum absolute atomic E-state index is 0.138. The monoisotopic (exact) mass is 163 g/mol. The van der Waals surface area contributed by atoms with Crippen LogP contribution in [0.15, 0.2) is 0 Å². The Morgan fingerprint density at radius 1 is 1.80 bits per heavy atom. The molecule has 0 radical (unpaired) electrons. The topological polar surface area (TPSA) is 40.5 Å². The Morgan fingerprint density at radius 3 is 2.90 bits per heavy atom. The first-order chi connectivity index (χ1) is 4.75. The van der Waals surface area contributed by atoms with E-state index in [1.54, 1.807) is 6.26 Å². The molecule has 1 heterocycles. The third-order valence-electron chi connectivity index (χ3n) is 1.86. The van der Waals surface area contributed by atoms with Crippen molar-refractivity contribution in [1.82, 2.24) is 4.31 Å². The Balaban J connectivity index is 2.50. The van der Waals surface area contributed by atoms with Crippen LogP contribution in [0.4, 0.5) is 0 Å². The summed E-state index contributed by atoms with van der Waals surface area (Å²) in [7, 11) is -0.898. The van der Waals surface area contributed by atoms with E-state index in [0.717, 1.165) is 19.4 Å². The van der Waals surface area contributed by atoms with Crippen molar-refractivity contribution in [3.8, 4) is 0 Å². The fourth-order valence-electron chi connectivity index (χ4n) is 1.33. The summed E-state index contributed by atoms with van der Waals surface area (Å²) in [5.74, 6) is 0. The molecule has 4 heteroatoms. The largest absolute Gasteiger partial charge is 0.395 e. The predicted molar refractivity (Wildman–Crippen MR) is 40.9 cm³/mol. The first-order valence-corrected chi connectivity index (χ1v) is 4.98. The van der Waals surface area contributed by atoms with Crippen LogP contribution in [0, 0.1) is 0 Å². The van der Waals surface area contributed by atoms with E-state index in [2.05, 4.69) is 0 Å². The summed E-state index contributed by atoms with van der Waals surface area (Å²) in [6.45, 7) is 1.01. The van der Waals surface area contributed by atoms with Gasteiger partial charge in [0.1, 0.15) is 0 Å². The SMILES string of the molecule is CS(=O)N1CCCC1CO. The van der Waals surface area contributed by atoms with Gasteiger partial charge >= 0.3 is 0 Å². The molecule has 3 nitrogen and oxygen atoms in total. The quantitative estimate of drug-likeness (QED) is 0.609. The van der Waals surface area contributed by atoms with Gasteiger partial charge in [0.05, 0.1) is 17.6 Å². The van der Waals surface area contributed by atoms with Crippen molar-refractivity contribution in [2.75, 3.05) is 19.4 Å². The van der Waals surface area contributed by atoms with Crippen LogP contribution >= 0.6 is 0 Å². The third-order valence-corrected chi connectivity index (χ3v) is 3.01. The van der Waals surface area contributed by atoms with Crippen LogP contribution in [0.5, 0.6) is 0 Å². The highest BCUT2D eigenvalue weighted by atomic mass is 32.2. The molecule has 60 valence electrons. The Labute approximate surface area is 63.6 Å². The fraction of sp³-hybridized carbons (Fsp3) is 1.00. The van der Waals surface area contributed by atoms with Crippen LogP contribution in [-0.2, 0) is 11.0 Å². The molecule has 0 aromatic heterocycles. The van der Waals surface area contributed by atoms with E-state index in [0.29, 0.717) is 0 Å². The minimum atomic E-state index is -0.898. The molecular formula is C6H13NO2S. The van der Waals surface area contributed by atoms with Gasteiger partial charge in [-0.3, -0.25) is 0 Å². The van der Waals surface area contributed by atoms with Gasteiger partial charge in [-0.25, -0.2) is 8.51 Å². The number of aliphatic hydroxyl groups is 1. The molecule has 0 spiro atoms. The van der Waals surface area contributed by atoms with Crippen molar-refractivity contribution in [2.45, 2.75) is 18.9 Å². The van der Waals surface area contributed by atoms with Crippen molar-refractivity contribution in [3.05, 3.63) is 0 Å². The Morgan fingerprint density at radius 2 is 2.50 bits per heavy atom. The molecule has 10 heavy (non-hydrogen) atoms. The highest BCUT2D eigenvalue weighted by Gasteiger charge is 2.25. The maximum atomic E-state index is 10.9. The zero-order valence-electron chi connectivity index (χ0n) is 6.12. The second kappa shape index (κ2) is 3.46. The number of hydrogen-bond donors (Lipinski definition) is 1. The molecule has 1 saturated heterocycles. The van der Waals surface area contributed by atoms with Crippen LogP contribution in [0.25, 0.3) is 0 Å². The second-order valence-corrected chi connectivity index (χ2v) is 3.86. The number of hydrogen-bond acceptors (Lipinski definition) is 2. The lowest BCUT2D eigenvalue weighted by molar-refractivity contribution is 0.218. The summed E-state index contributed by atoms with van der Waals surface area (Å²) in [5, 5.41) is 8.81. The zero-order chi connectivity index (χ0) is 7.56. The number of rotatable bonds is 2. The lowest BCUT2D eigenvalue weighted by Gasteiger charge is -2.18. The number of nitrogens with zero attached hydrogens (tertiary/aromatic N) is 1. The van der Waals surface area contributed by atoms with Crippen molar-refractivity contribution in [3.63, 3.8) is 0 Å². The summed E-state index contributed by atoms with van der Waals surface area (Å²) in [6, 6.07) is 0.144. The molecule has 0 aliphatic carbocycles. The van der Waals surface area contributed by atoms with Crippen LogP contribution in [0.3, 0.4) is 0 Å². The zero-order valence-corrected chi connectivity index (χ0v) is 6.93. The second-order valence-electron chi connectivity index (χ2n) is 2.54. The van der Waals surface area contributed by atoms with Gasteiger partial charge in [0.25, 0.3) is 0 Å². The van der Waals surface area contributed by atoms with Gasteiger partial charge in [0, 0.05) is 18.8 Å². The van der Waals surface area contributed by atoms with Crippen molar-refractivity contribution < 1.29 is 9.32 Å². The maximum absolute atomic E-state index is 10.9. The van der Waals surface area contributed by atoms with Gasteiger partial charge in [-0.15, -0.1) is 0 Å². The molecular weight excluding hydrogens is 150 g/mol. The molecule has 1 rings (SSSR count). The minimum Gasteiger partial charge on any atom is -0.395 e. The molecule has 2 unspecified atom stereocenters. The predicted octanol–water partition coefficient (Wildman–Crippen LogP) is -0.263. The van der Waals surface area contributed by atoms with E-state index in [1.165, 1.54) is 0 Å². The van der Waals surface area contributed by atoms with E-state index in [-0.39, 0.29) is 12.6 Å². The summed E-state index contributed by atoms with van der Waals surface area (Å²) >= 11 is 0. The Kier molecular flexibility index (Phi) is 2.82. The number of aliphatic hydroxyl groups excluding tert-OH is 1. The molecule has 0 saturated carbocycles. The highest BCUT2D eigenvalue weighted by molar-refractivity contribution is 7.81. The molecule has 0 bridgehead atoms. The van der Waals surface area contributed by atoms with Gasteiger partial charge in [-0.2, -0.15) is 0 Å². The molecule has 1 aliphatic rings. The van der Waals surface area contributed by atoms with Crippen LogP contribution < -0.4 is 0 Å². The molecule has 1 aliphatic heterocycles. The van der Waals surface area contributed by atoms with Gasteiger partial charge in [0.2, 0.25) is 0 Å². The molecule has 1 N–H and O–H groups in total. The summed E-state index contributed by atoms with van der Waals surface area (Å²) in [6.07, 6.45) is 3.70. The van der Waals surface area contributed by atoms with Gasteiger partial charge in [-0.05, 0) is 12.8 Å². The lowest BCUT2D eigenvalue weighted by atomic mass is 10.2. The van der Waals surface area contributed by atoms with Crippen molar-refractivity contribution in [1.29, 1.82) is 0 Å². The molecule has 1 fully saturated rings. The van der Waals surface area contributed by atoms with Gasteiger partial charge < -0.3 is 5.11 Å². The average molecular weight is 163 g/mol. The van der Waals surface area contributed by atoms with E-state index in [9.17, 15) is 4.21 Å². The standard InChI is InChI=1S/C6H13NO2S/c1-10(9)7-4-2-3-6(7)5-8/h6,8H,2-5H2,1H3. The van der Waals surface area contributed by atoms with Crippen LogP contribution in [0.2, 0.25) is 0 Å². The summed E-state index contributed by atoms with van der Waals surface area (Å²) < 4.78 is 12.8. The molecule has 0 aromatic carbocycles. The van der Waals surface area contributed by atoms with Gasteiger partial charge in [-0.1, -0.05) is 0 Å². The highest BCUT2D eigenvalue weighted by Crippen LogP contribution is 2.17. The van der Waals surface area contributed by atoms with E-state index in [4.69, 9.17) is 5.11 Å². The third kappa shape index (κ3) is 1.56. The molecule has 0 aromatic rings.